The number of hydrogen-bond acceptors (Lipinski definition) is 9. The molecule has 2 aliphatic heterocycles. The fourth-order valence-corrected chi connectivity index (χ4v) is 6.82. The minimum absolute atomic E-state index is 0.184. The van der Waals surface area contributed by atoms with Crippen molar-refractivity contribution in [2.75, 3.05) is 31.5 Å². The van der Waals surface area contributed by atoms with Crippen molar-refractivity contribution in [3.05, 3.63) is 114 Å². The summed E-state index contributed by atoms with van der Waals surface area (Å²) in [5, 5.41) is 3.00. The van der Waals surface area contributed by atoms with E-state index in [0.29, 0.717) is 63.4 Å². The van der Waals surface area contributed by atoms with Gasteiger partial charge in [0.2, 0.25) is 0 Å². The molecule has 0 aliphatic carbocycles. The van der Waals surface area contributed by atoms with E-state index in [0.717, 1.165) is 16.7 Å². The molecule has 59 heavy (non-hydrogen) atoms. The maximum Gasteiger partial charge on any atom is 0.410 e. The molecule has 4 aromatic rings. The maximum absolute atomic E-state index is 14.4. The predicted molar refractivity (Wildman–Crippen MR) is 225 cm³/mol. The van der Waals surface area contributed by atoms with Gasteiger partial charge in [-0.3, -0.25) is 4.79 Å². The predicted octanol–water partition coefficient (Wildman–Crippen LogP) is 9.52. The third-order valence-electron chi connectivity index (χ3n) is 9.79. The van der Waals surface area contributed by atoms with Crippen molar-refractivity contribution in [2.24, 2.45) is 0 Å². The van der Waals surface area contributed by atoms with Gasteiger partial charge >= 0.3 is 18.2 Å². The summed E-state index contributed by atoms with van der Waals surface area (Å²) in [4.78, 5) is 56.9. The molecule has 2 aliphatic rings. The van der Waals surface area contributed by atoms with Gasteiger partial charge in [-0.25, -0.2) is 14.4 Å². The smallest absolute Gasteiger partial charge is 0.410 e. The topological polar surface area (TPSA) is 133 Å². The second-order valence-corrected chi connectivity index (χ2v) is 16.9. The van der Waals surface area contributed by atoms with Gasteiger partial charge in [-0.2, -0.15) is 0 Å². The van der Waals surface area contributed by atoms with Crippen LogP contribution < -0.4 is 14.8 Å². The number of likely N-dealkylation sites (tertiary alicyclic amines) is 2. The number of amides is 3. The summed E-state index contributed by atoms with van der Waals surface area (Å²) < 4.78 is 29.7. The number of piperidine rings is 2. The van der Waals surface area contributed by atoms with E-state index in [9.17, 15) is 19.2 Å². The van der Waals surface area contributed by atoms with Gasteiger partial charge in [-0.1, -0.05) is 66.7 Å². The highest BCUT2D eigenvalue weighted by molar-refractivity contribution is 6.10. The van der Waals surface area contributed by atoms with Crippen LogP contribution >= 0.6 is 0 Å². The summed E-state index contributed by atoms with van der Waals surface area (Å²) in [6.07, 6.45) is 0.706. The van der Waals surface area contributed by atoms with Crippen LogP contribution in [0.2, 0.25) is 0 Å². The van der Waals surface area contributed by atoms with Crippen LogP contribution in [0.15, 0.2) is 97.1 Å². The van der Waals surface area contributed by atoms with E-state index in [1.807, 2.05) is 108 Å². The van der Waals surface area contributed by atoms with Gasteiger partial charge in [0.15, 0.2) is 0 Å². The molecular formula is C47H55N3O9. The zero-order valence-corrected chi connectivity index (χ0v) is 34.8. The largest absolute Gasteiger partial charge is 0.490 e. The molecule has 1 N–H and O–H groups in total. The van der Waals surface area contributed by atoms with Crippen molar-refractivity contribution in [2.45, 2.75) is 97.2 Å². The second kappa shape index (κ2) is 18.7. The number of rotatable bonds is 10. The molecule has 0 radical (unpaired) electrons. The second-order valence-electron chi connectivity index (χ2n) is 16.9. The van der Waals surface area contributed by atoms with Crippen LogP contribution in [-0.4, -0.2) is 83.5 Å². The summed E-state index contributed by atoms with van der Waals surface area (Å²) >= 11 is 0. The molecule has 2 fully saturated rings. The molecule has 4 aromatic carbocycles. The lowest BCUT2D eigenvalue weighted by Crippen LogP contribution is -2.44. The van der Waals surface area contributed by atoms with E-state index in [1.54, 1.807) is 40.1 Å². The van der Waals surface area contributed by atoms with Crippen molar-refractivity contribution < 1.29 is 42.9 Å². The quantitative estimate of drug-likeness (QED) is 0.123. The van der Waals surface area contributed by atoms with Gasteiger partial charge in [0.25, 0.3) is 5.91 Å². The summed E-state index contributed by atoms with van der Waals surface area (Å²) in [6.45, 7) is 12.9. The zero-order valence-electron chi connectivity index (χ0n) is 34.8. The first kappa shape index (κ1) is 42.6. The molecule has 3 amide bonds. The Bertz CT molecular complexity index is 2080. The Morgan fingerprint density at radius 3 is 1.76 bits per heavy atom. The number of carbonyl (C=O) groups is 4. The highest BCUT2D eigenvalue weighted by atomic mass is 16.6. The van der Waals surface area contributed by atoms with Gasteiger partial charge in [0.05, 0.1) is 16.8 Å². The number of carbonyl (C=O) groups excluding carboxylic acids is 4. The Kier molecular flexibility index (Phi) is 13.5. The zero-order chi connectivity index (χ0) is 42.2. The summed E-state index contributed by atoms with van der Waals surface area (Å²) in [7, 11) is 0. The number of ether oxygens (including phenoxy) is 5. The molecule has 0 unspecified atom stereocenters. The standard InChI is InChI=1S/C47H55N3O9/c1-46(2,3)58-44(53)49-25-21-35(22-26-49)56-37-18-20-41(55-31-32-13-9-7-10-14-32)39(30-37)42(51)48-40-29-34(33-15-11-8-12-16-33)17-19-38(40)43(52)57-36-23-27-50(28-24-36)45(54)59-47(4,5)6/h7-20,29-30,35-36H,21-28,31H2,1-6H3,(H,48,51). The molecule has 0 spiro atoms. The van der Waals surface area contributed by atoms with Crippen molar-refractivity contribution in [3.63, 3.8) is 0 Å². The lowest BCUT2D eigenvalue weighted by atomic mass is 10.0. The molecule has 2 heterocycles. The van der Waals surface area contributed by atoms with E-state index in [1.165, 1.54) is 0 Å². The van der Waals surface area contributed by atoms with Gasteiger partial charge in [0, 0.05) is 51.9 Å². The van der Waals surface area contributed by atoms with Crippen LogP contribution in [0.1, 0.15) is 93.5 Å². The van der Waals surface area contributed by atoms with Crippen LogP contribution in [0, 0.1) is 0 Å². The van der Waals surface area contributed by atoms with Gasteiger partial charge in [-0.05, 0) is 88.6 Å². The molecule has 312 valence electrons. The van der Waals surface area contributed by atoms with Crippen LogP contribution in [0.4, 0.5) is 15.3 Å². The van der Waals surface area contributed by atoms with Crippen LogP contribution in [0.5, 0.6) is 11.5 Å². The number of nitrogens with zero attached hydrogens (tertiary/aromatic N) is 2. The van der Waals surface area contributed by atoms with E-state index in [-0.39, 0.29) is 35.6 Å². The van der Waals surface area contributed by atoms with Gasteiger partial charge in [-0.15, -0.1) is 0 Å². The highest BCUT2D eigenvalue weighted by Crippen LogP contribution is 2.32. The Hall–Kier alpha value is -6.04. The molecule has 0 atom stereocenters. The first-order valence-corrected chi connectivity index (χ1v) is 20.3. The average Bonchev–Trinajstić information content (AvgIpc) is 3.20. The summed E-state index contributed by atoms with van der Waals surface area (Å²) in [5.74, 6) is -0.305. The van der Waals surface area contributed by atoms with E-state index in [2.05, 4.69) is 5.32 Å². The summed E-state index contributed by atoms with van der Waals surface area (Å²) in [6, 6.07) is 29.7. The number of benzene rings is 4. The van der Waals surface area contributed by atoms with E-state index >= 15 is 0 Å². The van der Waals surface area contributed by atoms with Crippen molar-refractivity contribution in [3.8, 4) is 22.6 Å². The fraction of sp³-hybridized carbons (Fsp3) is 0.404. The van der Waals surface area contributed by atoms with E-state index in [4.69, 9.17) is 23.7 Å². The first-order chi connectivity index (χ1) is 28.1. The normalized spacial score (nSPS) is 15.2. The van der Waals surface area contributed by atoms with Crippen molar-refractivity contribution in [1.82, 2.24) is 9.80 Å². The van der Waals surface area contributed by atoms with Crippen LogP contribution in [-0.2, 0) is 20.8 Å². The number of hydrogen-bond donors (Lipinski definition) is 1. The summed E-state index contributed by atoms with van der Waals surface area (Å²) in [5.41, 5.74) is 2.08. The molecule has 2 saturated heterocycles. The Balaban J connectivity index is 1.22. The monoisotopic (exact) mass is 805 g/mol. The van der Waals surface area contributed by atoms with Crippen molar-refractivity contribution >= 4 is 29.8 Å². The highest BCUT2D eigenvalue weighted by Gasteiger charge is 2.31. The fourth-order valence-electron chi connectivity index (χ4n) is 6.82. The number of nitrogens with one attached hydrogen (secondary N) is 1. The van der Waals surface area contributed by atoms with Crippen molar-refractivity contribution in [1.29, 1.82) is 0 Å². The molecule has 6 rings (SSSR count). The molecule has 12 heteroatoms. The molecule has 12 nitrogen and oxygen atoms in total. The lowest BCUT2D eigenvalue weighted by molar-refractivity contribution is -0.00347. The SMILES string of the molecule is CC(C)(C)OC(=O)N1CCC(OC(=O)c2ccc(-c3ccccc3)cc2NC(=O)c2cc(OC3CCN(C(=O)OC(C)(C)C)CC3)ccc2OCc2ccccc2)CC1. The molecule has 0 aromatic heterocycles. The van der Waals surface area contributed by atoms with Gasteiger partial charge < -0.3 is 38.8 Å². The lowest BCUT2D eigenvalue weighted by Gasteiger charge is -2.33. The minimum atomic E-state index is -0.612. The molecule has 0 saturated carbocycles. The maximum atomic E-state index is 14.4. The van der Waals surface area contributed by atoms with Crippen LogP contribution in [0.25, 0.3) is 11.1 Å². The number of anilines is 1. The van der Waals surface area contributed by atoms with Gasteiger partial charge in [0.1, 0.15) is 41.5 Å². The first-order valence-electron chi connectivity index (χ1n) is 20.3. The minimum Gasteiger partial charge on any atom is -0.490 e. The Morgan fingerprint density at radius 1 is 0.627 bits per heavy atom. The van der Waals surface area contributed by atoms with E-state index < -0.39 is 35.3 Å². The third-order valence-corrected chi connectivity index (χ3v) is 9.79. The van der Waals surface area contributed by atoms with Crippen LogP contribution in [0.3, 0.4) is 0 Å². The third kappa shape index (κ3) is 12.2. The number of esters is 1. The average molecular weight is 806 g/mol. The molecular weight excluding hydrogens is 751 g/mol. The Morgan fingerprint density at radius 2 is 1.19 bits per heavy atom. The molecule has 0 bridgehead atoms. The Labute approximate surface area is 346 Å².